The van der Waals surface area contributed by atoms with Gasteiger partial charge in [-0.2, -0.15) is 5.10 Å². The van der Waals surface area contributed by atoms with E-state index in [1.54, 1.807) is 4.90 Å². The number of carboxylic acid groups (broad SMARTS) is 1. The zero-order valence-electron chi connectivity index (χ0n) is 15.1. The summed E-state index contributed by atoms with van der Waals surface area (Å²) in [4.78, 5) is 25.0. The number of ether oxygens (including phenoxy) is 1. The first-order chi connectivity index (χ1) is 11.1. The van der Waals surface area contributed by atoms with E-state index < -0.39 is 11.6 Å². The molecular weight excluding hydrogens is 310 g/mol. The number of aliphatic carboxylic acids is 1. The molecule has 134 valence electrons. The zero-order valence-corrected chi connectivity index (χ0v) is 15.1. The van der Waals surface area contributed by atoms with Gasteiger partial charge in [0.15, 0.2) is 0 Å². The fourth-order valence-corrected chi connectivity index (χ4v) is 3.12. The van der Waals surface area contributed by atoms with Crippen LogP contribution < -0.4 is 0 Å². The lowest BCUT2D eigenvalue weighted by molar-refractivity contribution is -0.136. The molecule has 0 radical (unpaired) electrons. The van der Waals surface area contributed by atoms with Gasteiger partial charge < -0.3 is 9.84 Å². The molecule has 1 unspecified atom stereocenters. The molecule has 7 nitrogen and oxygen atoms in total. The maximum absolute atomic E-state index is 12.4. The largest absolute Gasteiger partial charge is 0.481 e. The minimum atomic E-state index is -0.821. The number of amides is 1. The molecule has 1 fully saturated rings. The number of aromatic nitrogens is 2. The van der Waals surface area contributed by atoms with E-state index in [1.807, 2.05) is 39.3 Å². The highest BCUT2D eigenvalue weighted by Crippen LogP contribution is 2.31. The summed E-state index contributed by atoms with van der Waals surface area (Å²) in [6, 6.07) is 0. The van der Waals surface area contributed by atoms with Crippen molar-refractivity contribution < 1.29 is 19.4 Å². The van der Waals surface area contributed by atoms with Crippen molar-refractivity contribution in [3.63, 3.8) is 0 Å². The second-order valence-electron chi connectivity index (χ2n) is 7.28. The zero-order chi connectivity index (χ0) is 18.1. The van der Waals surface area contributed by atoms with E-state index in [0.717, 1.165) is 29.8 Å². The highest BCUT2D eigenvalue weighted by molar-refractivity contribution is 5.68. The molecule has 1 saturated heterocycles. The summed E-state index contributed by atoms with van der Waals surface area (Å²) in [5, 5.41) is 13.5. The van der Waals surface area contributed by atoms with E-state index in [-0.39, 0.29) is 18.7 Å². The first-order valence-corrected chi connectivity index (χ1v) is 8.36. The molecule has 1 N–H and O–H groups in total. The Morgan fingerprint density at radius 1 is 1.33 bits per heavy atom. The summed E-state index contributed by atoms with van der Waals surface area (Å²) in [6.45, 7) is 10.0. The van der Waals surface area contributed by atoms with Crippen LogP contribution in [0.15, 0.2) is 0 Å². The lowest BCUT2D eigenvalue weighted by Crippen LogP contribution is -2.38. The predicted octanol–water partition coefficient (Wildman–Crippen LogP) is 3.05. The fourth-order valence-electron chi connectivity index (χ4n) is 3.12. The Morgan fingerprint density at radius 2 is 2.00 bits per heavy atom. The van der Waals surface area contributed by atoms with Crippen LogP contribution in [0.25, 0.3) is 0 Å². The highest BCUT2D eigenvalue weighted by atomic mass is 16.6. The summed E-state index contributed by atoms with van der Waals surface area (Å²) in [7, 11) is 0. The number of carbonyl (C=O) groups excluding carboxylic acids is 1. The van der Waals surface area contributed by atoms with E-state index in [0.29, 0.717) is 13.0 Å². The molecule has 1 aliphatic heterocycles. The number of nitrogens with zero attached hydrogens (tertiary/aromatic N) is 3. The third-order valence-electron chi connectivity index (χ3n) is 4.20. The first-order valence-electron chi connectivity index (χ1n) is 8.36. The van der Waals surface area contributed by atoms with E-state index in [2.05, 4.69) is 5.10 Å². The maximum Gasteiger partial charge on any atom is 0.411 e. The van der Waals surface area contributed by atoms with Crippen molar-refractivity contribution in [3.8, 4) is 0 Å². The predicted molar refractivity (Wildman–Crippen MR) is 88.9 cm³/mol. The van der Waals surface area contributed by atoms with Crippen molar-refractivity contribution in [2.45, 2.75) is 72.1 Å². The second-order valence-corrected chi connectivity index (χ2v) is 7.28. The van der Waals surface area contributed by atoms with Crippen LogP contribution in [0.4, 0.5) is 4.79 Å². The summed E-state index contributed by atoms with van der Waals surface area (Å²) in [6.07, 6.45) is 1.74. The molecule has 1 aliphatic rings. The Bertz CT molecular complexity index is 631. The van der Waals surface area contributed by atoms with Crippen LogP contribution in [0.1, 0.15) is 63.2 Å². The molecule has 7 heteroatoms. The number of carboxylic acids is 1. The number of hydrogen-bond acceptors (Lipinski definition) is 4. The van der Waals surface area contributed by atoms with Gasteiger partial charge in [0.05, 0.1) is 5.69 Å². The highest BCUT2D eigenvalue weighted by Gasteiger charge is 2.35. The number of rotatable bonds is 4. The van der Waals surface area contributed by atoms with Crippen LogP contribution in [0.3, 0.4) is 0 Å². The molecule has 1 aromatic heterocycles. The molecule has 2 heterocycles. The van der Waals surface area contributed by atoms with E-state index >= 15 is 0 Å². The molecular formula is C17H27N3O4. The van der Waals surface area contributed by atoms with Gasteiger partial charge in [-0.25, -0.2) is 9.48 Å². The molecule has 1 amide bonds. The van der Waals surface area contributed by atoms with Gasteiger partial charge in [0.1, 0.15) is 11.8 Å². The van der Waals surface area contributed by atoms with Gasteiger partial charge in [-0.05, 0) is 59.4 Å². The monoisotopic (exact) mass is 337 g/mol. The standard InChI is InChI=1S/C17H27N3O4/c1-11-13(8-9-15(21)22)12(2)20(18-11)14-7-6-10-19(14)16(23)24-17(3,4)5/h14H,6-10H2,1-5H3,(H,21,22). The minimum absolute atomic E-state index is 0.0772. The van der Waals surface area contributed by atoms with Crippen molar-refractivity contribution in [3.05, 3.63) is 17.0 Å². The molecule has 0 spiro atoms. The van der Waals surface area contributed by atoms with Crippen molar-refractivity contribution in [1.82, 2.24) is 14.7 Å². The molecule has 1 atom stereocenters. The normalized spacial score (nSPS) is 18.0. The maximum atomic E-state index is 12.4. The number of carbonyl (C=O) groups is 2. The SMILES string of the molecule is Cc1nn(C2CCCN2C(=O)OC(C)(C)C)c(C)c1CCC(=O)O. The van der Waals surface area contributed by atoms with Crippen LogP contribution >= 0.6 is 0 Å². The first kappa shape index (κ1) is 18.3. The minimum Gasteiger partial charge on any atom is -0.481 e. The van der Waals surface area contributed by atoms with Gasteiger partial charge in [0, 0.05) is 18.7 Å². The molecule has 0 bridgehead atoms. The van der Waals surface area contributed by atoms with Gasteiger partial charge >= 0.3 is 12.1 Å². The topological polar surface area (TPSA) is 84.7 Å². The Morgan fingerprint density at radius 3 is 2.58 bits per heavy atom. The Hall–Kier alpha value is -2.05. The smallest absolute Gasteiger partial charge is 0.411 e. The Balaban J connectivity index is 2.22. The lowest BCUT2D eigenvalue weighted by Gasteiger charge is -2.29. The third kappa shape index (κ3) is 4.07. The molecule has 2 rings (SSSR count). The number of aryl methyl sites for hydroxylation is 1. The van der Waals surface area contributed by atoms with Crippen LogP contribution in [0.2, 0.25) is 0 Å². The molecule has 0 aromatic carbocycles. The third-order valence-corrected chi connectivity index (χ3v) is 4.20. The van der Waals surface area contributed by atoms with Crippen molar-refractivity contribution in [1.29, 1.82) is 0 Å². The van der Waals surface area contributed by atoms with Crippen molar-refractivity contribution in [2.24, 2.45) is 0 Å². The van der Waals surface area contributed by atoms with Crippen LogP contribution in [0.5, 0.6) is 0 Å². The molecule has 24 heavy (non-hydrogen) atoms. The van der Waals surface area contributed by atoms with E-state index in [4.69, 9.17) is 9.84 Å². The second kappa shape index (κ2) is 6.83. The summed E-state index contributed by atoms with van der Waals surface area (Å²) in [5.74, 6) is -0.821. The lowest BCUT2D eigenvalue weighted by atomic mass is 10.1. The van der Waals surface area contributed by atoms with Crippen LogP contribution in [-0.2, 0) is 16.0 Å². The van der Waals surface area contributed by atoms with Gasteiger partial charge in [-0.1, -0.05) is 0 Å². The van der Waals surface area contributed by atoms with Gasteiger partial charge in [0.25, 0.3) is 0 Å². The average Bonchev–Trinajstić information content (AvgIpc) is 3.00. The Labute approximate surface area is 142 Å². The van der Waals surface area contributed by atoms with E-state index in [1.165, 1.54) is 0 Å². The quantitative estimate of drug-likeness (QED) is 0.913. The number of hydrogen-bond donors (Lipinski definition) is 1. The van der Waals surface area contributed by atoms with E-state index in [9.17, 15) is 9.59 Å². The van der Waals surface area contributed by atoms with Crippen LogP contribution in [0, 0.1) is 13.8 Å². The van der Waals surface area contributed by atoms with Gasteiger partial charge in [0.2, 0.25) is 0 Å². The van der Waals surface area contributed by atoms with Crippen LogP contribution in [-0.4, -0.2) is 44.0 Å². The van der Waals surface area contributed by atoms with Crippen molar-refractivity contribution in [2.75, 3.05) is 6.54 Å². The molecule has 1 aromatic rings. The van der Waals surface area contributed by atoms with Gasteiger partial charge in [-0.15, -0.1) is 0 Å². The molecule has 0 aliphatic carbocycles. The molecule has 0 saturated carbocycles. The average molecular weight is 337 g/mol. The Kier molecular flexibility index (Phi) is 5.20. The summed E-state index contributed by atoms with van der Waals surface area (Å²) >= 11 is 0. The fraction of sp³-hybridized carbons (Fsp3) is 0.706. The summed E-state index contributed by atoms with van der Waals surface area (Å²) in [5.41, 5.74) is 2.17. The van der Waals surface area contributed by atoms with Crippen molar-refractivity contribution >= 4 is 12.1 Å². The van der Waals surface area contributed by atoms with Gasteiger partial charge in [-0.3, -0.25) is 9.69 Å². The summed E-state index contributed by atoms with van der Waals surface area (Å²) < 4.78 is 7.35. The number of likely N-dealkylation sites (tertiary alicyclic amines) is 1.